The first kappa shape index (κ1) is 14.1. The van der Waals surface area contributed by atoms with Crippen LogP contribution < -0.4 is 5.32 Å². The van der Waals surface area contributed by atoms with Gasteiger partial charge in [-0.3, -0.25) is 4.90 Å². The van der Waals surface area contributed by atoms with Crippen LogP contribution in [-0.2, 0) is 4.79 Å². The first-order chi connectivity index (χ1) is 8.90. The Morgan fingerprint density at radius 2 is 1.95 bits per heavy atom. The van der Waals surface area contributed by atoms with Gasteiger partial charge in [0.25, 0.3) is 0 Å². The number of amides is 2. The fourth-order valence-electron chi connectivity index (χ4n) is 2.74. The third-order valence-corrected chi connectivity index (χ3v) is 4.08. The summed E-state index contributed by atoms with van der Waals surface area (Å²) in [5, 5.41) is 11.6. The molecule has 0 bridgehead atoms. The zero-order valence-electron chi connectivity index (χ0n) is 11.7. The standard InChI is InChI=1S/C13H23N3O3/c1-13(2,11(17)18)14-12(19)16-8-7-15-6-4-3-5-10(15)9-16/h10H,3-9H2,1-2H3,(H,14,19)(H,17,18). The Labute approximate surface area is 113 Å². The van der Waals surface area contributed by atoms with E-state index in [1.165, 1.54) is 26.7 Å². The number of aliphatic carboxylic acids is 1. The van der Waals surface area contributed by atoms with E-state index in [2.05, 4.69) is 10.2 Å². The minimum Gasteiger partial charge on any atom is -0.480 e. The number of carbonyl (C=O) groups excluding carboxylic acids is 1. The molecule has 1 unspecified atom stereocenters. The number of piperazine rings is 1. The number of carboxylic acids is 1. The fourth-order valence-corrected chi connectivity index (χ4v) is 2.74. The van der Waals surface area contributed by atoms with E-state index in [1.807, 2.05) is 0 Å². The molecule has 2 amide bonds. The molecule has 2 aliphatic heterocycles. The number of urea groups is 1. The van der Waals surface area contributed by atoms with Crippen LogP contribution >= 0.6 is 0 Å². The zero-order valence-corrected chi connectivity index (χ0v) is 11.7. The predicted octanol–water partition coefficient (Wildman–Crippen LogP) is 0.729. The predicted molar refractivity (Wildman–Crippen MR) is 71.0 cm³/mol. The molecule has 2 saturated heterocycles. The maximum absolute atomic E-state index is 12.1. The summed E-state index contributed by atoms with van der Waals surface area (Å²) in [6.07, 6.45) is 3.60. The largest absolute Gasteiger partial charge is 0.480 e. The Bertz CT molecular complexity index is 370. The van der Waals surface area contributed by atoms with Crippen LogP contribution in [0, 0.1) is 0 Å². The third kappa shape index (κ3) is 3.18. The molecule has 0 spiro atoms. The van der Waals surface area contributed by atoms with Gasteiger partial charge in [-0.15, -0.1) is 0 Å². The lowest BCUT2D eigenvalue weighted by Gasteiger charge is -2.44. The summed E-state index contributed by atoms with van der Waals surface area (Å²) >= 11 is 0. The van der Waals surface area contributed by atoms with E-state index in [0.717, 1.165) is 19.5 Å². The highest BCUT2D eigenvalue weighted by Gasteiger charge is 2.35. The summed E-state index contributed by atoms with van der Waals surface area (Å²) < 4.78 is 0. The number of rotatable bonds is 2. The van der Waals surface area contributed by atoms with Gasteiger partial charge in [0.15, 0.2) is 0 Å². The molecule has 0 saturated carbocycles. The topological polar surface area (TPSA) is 72.9 Å². The lowest BCUT2D eigenvalue weighted by atomic mass is 9.99. The first-order valence-electron chi connectivity index (χ1n) is 6.95. The summed E-state index contributed by atoms with van der Waals surface area (Å²) in [5.41, 5.74) is -1.22. The Hall–Kier alpha value is -1.30. The van der Waals surface area contributed by atoms with Gasteiger partial charge in [0.1, 0.15) is 5.54 Å². The molecule has 6 heteroatoms. The van der Waals surface area contributed by atoms with E-state index in [0.29, 0.717) is 19.1 Å². The van der Waals surface area contributed by atoms with E-state index in [1.54, 1.807) is 4.90 Å². The van der Waals surface area contributed by atoms with E-state index >= 15 is 0 Å². The highest BCUT2D eigenvalue weighted by atomic mass is 16.4. The Morgan fingerprint density at radius 1 is 1.21 bits per heavy atom. The number of fused-ring (bicyclic) bond motifs is 1. The molecule has 2 N–H and O–H groups in total. The number of hydrogen-bond donors (Lipinski definition) is 2. The average Bonchev–Trinajstić information content (AvgIpc) is 2.37. The van der Waals surface area contributed by atoms with Crippen LogP contribution in [0.15, 0.2) is 0 Å². The van der Waals surface area contributed by atoms with Crippen molar-refractivity contribution in [3.8, 4) is 0 Å². The third-order valence-electron chi connectivity index (χ3n) is 4.08. The van der Waals surface area contributed by atoms with Crippen molar-refractivity contribution in [2.75, 3.05) is 26.2 Å². The second-order valence-electron chi connectivity index (χ2n) is 5.99. The average molecular weight is 269 g/mol. The molecule has 0 aromatic rings. The van der Waals surface area contributed by atoms with Crippen LogP contribution in [0.4, 0.5) is 4.79 Å². The molecule has 19 heavy (non-hydrogen) atoms. The van der Waals surface area contributed by atoms with E-state index in [4.69, 9.17) is 5.11 Å². The number of piperidine rings is 1. The Balaban J connectivity index is 1.92. The summed E-state index contributed by atoms with van der Waals surface area (Å²) in [5.74, 6) is -1.02. The lowest BCUT2D eigenvalue weighted by Crippen LogP contribution is -2.61. The van der Waals surface area contributed by atoms with Gasteiger partial charge in [0.2, 0.25) is 0 Å². The van der Waals surface area contributed by atoms with Gasteiger partial charge in [-0.05, 0) is 33.2 Å². The Kier molecular flexibility index (Phi) is 3.99. The van der Waals surface area contributed by atoms with Gasteiger partial charge in [-0.25, -0.2) is 9.59 Å². The van der Waals surface area contributed by atoms with Crippen molar-refractivity contribution < 1.29 is 14.7 Å². The second-order valence-corrected chi connectivity index (χ2v) is 5.99. The van der Waals surface area contributed by atoms with Crippen molar-refractivity contribution in [2.45, 2.75) is 44.7 Å². The molecule has 0 aromatic carbocycles. The summed E-state index contributed by atoms with van der Waals surface area (Å²) in [6, 6.07) is 0.179. The molecule has 2 rings (SSSR count). The molecule has 1 atom stereocenters. The van der Waals surface area contributed by atoms with Gasteiger partial charge in [-0.2, -0.15) is 0 Å². The maximum Gasteiger partial charge on any atom is 0.328 e. The van der Waals surface area contributed by atoms with Crippen molar-refractivity contribution in [1.82, 2.24) is 15.1 Å². The van der Waals surface area contributed by atoms with E-state index < -0.39 is 11.5 Å². The van der Waals surface area contributed by atoms with Crippen molar-refractivity contribution >= 4 is 12.0 Å². The second kappa shape index (κ2) is 5.36. The highest BCUT2D eigenvalue weighted by Crippen LogP contribution is 2.21. The monoisotopic (exact) mass is 269 g/mol. The molecule has 108 valence electrons. The van der Waals surface area contributed by atoms with Crippen molar-refractivity contribution in [3.63, 3.8) is 0 Å². The van der Waals surface area contributed by atoms with Crippen LogP contribution in [0.5, 0.6) is 0 Å². The number of carbonyl (C=O) groups is 2. The summed E-state index contributed by atoms with van der Waals surface area (Å²) in [7, 11) is 0. The first-order valence-corrected chi connectivity index (χ1v) is 6.95. The normalized spacial score (nSPS) is 24.7. The van der Waals surface area contributed by atoms with Crippen molar-refractivity contribution in [2.24, 2.45) is 0 Å². The summed E-state index contributed by atoms with van der Waals surface area (Å²) in [6.45, 7) is 6.42. The van der Waals surface area contributed by atoms with E-state index in [9.17, 15) is 9.59 Å². The number of hydrogen-bond acceptors (Lipinski definition) is 3. The fraction of sp³-hybridized carbons (Fsp3) is 0.846. The van der Waals surface area contributed by atoms with Crippen molar-refractivity contribution in [3.05, 3.63) is 0 Å². The van der Waals surface area contributed by atoms with Crippen molar-refractivity contribution in [1.29, 1.82) is 0 Å². The molecule has 0 aliphatic carbocycles. The molecule has 6 nitrogen and oxygen atoms in total. The molecule has 0 radical (unpaired) electrons. The smallest absolute Gasteiger partial charge is 0.328 e. The zero-order chi connectivity index (χ0) is 14.0. The molecular weight excluding hydrogens is 246 g/mol. The van der Waals surface area contributed by atoms with Gasteiger partial charge in [0.05, 0.1) is 0 Å². The van der Waals surface area contributed by atoms with Gasteiger partial charge in [0, 0.05) is 25.7 Å². The quantitative estimate of drug-likeness (QED) is 0.775. The lowest BCUT2D eigenvalue weighted by molar-refractivity contribution is -0.143. The summed E-state index contributed by atoms with van der Waals surface area (Å²) in [4.78, 5) is 27.3. The van der Waals surface area contributed by atoms with Gasteiger partial charge < -0.3 is 15.3 Å². The number of nitrogens with one attached hydrogen (secondary N) is 1. The Morgan fingerprint density at radius 3 is 2.63 bits per heavy atom. The number of nitrogens with zero attached hydrogens (tertiary/aromatic N) is 2. The van der Waals surface area contributed by atoms with Crippen LogP contribution in [-0.4, -0.2) is 64.7 Å². The molecule has 2 aliphatic rings. The molecule has 2 fully saturated rings. The number of carboxylic acid groups (broad SMARTS) is 1. The van der Waals surface area contributed by atoms with Crippen LogP contribution in [0.1, 0.15) is 33.1 Å². The van der Waals surface area contributed by atoms with E-state index in [-0.39, 0.29) is 6.03 Å². The SMILES string of the molecule is CC(C)(NC(=O)N1CCN2CCCCC2C1)C(=O)O. The maximum atomic E-state index is 12.1. The van der Waals surface area contributed by atoms with Crippen LogP contribution in [0.3, 0.4) is 0 Å². The van der Waals surface area contributed by atoms with Gasteiger partial charge in [-0.1, -0.05) is 6.42 Å². The van der Waals surface area contributed by atoms with Gasteiger partial charge >= 0.3 is 12.0 Å². The minimum atomic E-state index is -1.22. The highest BCUT2D eigenvalue weighted by molar-refractivity contribution is 5.85. The van der Waals surface area contributed by atoms with Crippen LogP contribution in [0.2, 0.25) is 0 Å². The van der Waals surface area contributed by atoms with Crippen LogP contribution in [0.25, 0.3) is 0 Å². The molecule has 2 heterocycles. The minimum absolute atomic E-state index is 0.266. The molecule has 0 aromatic heterocycles. The molecular formula is C13H23N3O3.